The van der Waals surface area contributed by atoms with Crippen LogP contribution in [0.15, 0.2) is 0 Å². The van der Waals surface area contributed by atoms with Gasteiger partial charge in [-0.3, -0.25) is 4.79 Å². The Balaban J connectivity index is 5.79. The van der Waals surface area contributed by atoms with E-state index in [4.69, 9.17) is 12.8 Å². The Labute approximate surface area is 93.4 Å². The topological polar surface area (TPSA) is 17.1 Å². The predicted molar refractivity (Wildman–Crippen MR) is 55.2 cm³/mol. The van der Waals surface area contributed by atoms with Crippen LogP contribution in [0, 0.1) is 35.5 Å². The van der Waals surface area contributed by atoms with Gasteiger partial charge in [0.15, 0.2) is 5.41 Å². The van der Waals surface area contributed by atoms with Gasteiger partial charge in [0.25, 0.3) is 5.78 Å². The quantitative estimate of drug-likeness (QED) is 0.681. The second kappa shape index (κ2) is 4.22. The smallest absolute Gasteiger partial charge is 0.287 e. The fourth-order valence-electron chi connectivity index (χ4n) is 1.35. The van der Waals surface area contributed by atoms with Crippen LogP contribution in [0.25, 0.3) is 0 Å². The minimum atomic E-state index is -5.02. The van der Waals surface area contributed by atoms with Gasteiger partial charge in [0.1, 0.15) is 0 Å². The van der Waals surface area contributed by atoms with E-state index < -0.39 is 22.8 Å². The fourth-order valence-corrected chi connectivity index (χ4v) is 1.35. The van der Waals surface area contributed by atoms with Crippen LogP contribution in [0.4, 0.5) is 13.2 Å². The molecule has 0 rings (SSSR count). The summed E-state index contributed by atoms with van der Waals surface area (Å²) in [5.74, 6) is 1.67. The fraction of sp³-hybridized carbons (Fsp3) is 0.583. The Morgan fingerprint density at radius 1 is 1.19 bits per heavy atom. The number of Topliss-reactive ketones (excluding diaryl/α,β-unsaturated/α-hetero) is 1. The lowest BCUT2D eigenvalue weighted by Gasteiger charge is -2.37. The lowest BCUT2D eigenvalue weighted by molar-refractivity contribution is -0.181. The summed E-state index contributed by atoms with van der Waals surface area (Å²) in [6, 6.07) is 0. The molecule has 0 amide bonds. The van der Waals surface area contributed by atoms with Gasteiger partial charge in [-0.15, -0.1) is 12.8 Å². The molecule has 16 heavy (non-hydrogen) atoms. The third-order valence-corrected chi connectivity index (χ3v) is 2.93. The van der Waals surface area contributed by atoms with Gasteiger partial charge in [-0.25, -0.2) is 0 Å². The number of ketones is 1. The van der Waals surface area contributed by atoms with E-state index in [1.54, 1.807) is 6.92 Å². The Kier molecular flexibility index (Phi) is 3.84. The molecule has 0 heterocycles. The minimum absolute atomic E-state index is 0.267. The number of hydrogen-bond donors (Lipinski definition) is 0. The first kappa shape index (κ1) is 14.6. The maximum Gasteiger partial charge on any atom is 0.452 e. The van der Waals surface area contributed by atoms with Crippen molar-refractivity contribution in [2.24, 2.45) is 10.8 Å². The lowest BCUT2D eigenvalue weighted by atomic mass is 9.62. The van der Waals surface area contributed by atoms with Gasteiger partial charge in [-0.2, -0.15) is 13.2 Å². The molecule has 0 saturated carbocycles. The molecule has 1 nitrogen and oxygen atoms in total. The largest absolute Gasteiger partial charge is 0.452 e. The van der Waals surface area contributed by atoms with E-state index in [0.717, 1.165) is 0 Å². The van der Waals surface area contributed by atoms with Crippen molar-refractivity contribution < 1.29 is 18.0 Å². The lowest BCUT2D eigenvalue weighted by Crippen LogP contribution is -2.48. The SMILES string of the molecule is C#CC(C#C)(C(=O)C(F)(F)F)C(C)(C)CC. The zero-order valence-corrected chi connectivity index (χ0v) is 9.40. The van der Waals surface area contributed by atoms with Gasteiger partial charge < -0.3 is 0 Å². The first-order valence-corrected chi connectivity index (χ1v) is 4.66. The van der Waals surface area contributed by atoms with Crippen LogP contribution in [-0.4, -0.2) is 12.0 Å². The van der Waals surface area contributed by atoms with Crippen molar-refractivity contribution in [2.75, 3.05) is 0 Å². The number of hydrogen-bond acceptors (Lipinski definition) is 1. The number of terminal acetylenes is 2. The highest BCUT2D eigenvalue weighted by Gasteiger charge is 2.58. The Morgan fingerprint density at radius 2 is 1.56 bits per heavy atom. The van der Waals surface area contributed by atoms with Crippen molar-refractivity contribution in [2.45, 2.75) is 33.4 Å². The molecule has 0 aliphatic rings. The number of carbonyl (C=O) groups excluding carboxylic acids is 1. The summed E-state index contributed by atoms with van der Waals surface area (Å²) < 4.78 is 37.3. The Morgan fingerprint density at radius 3 is 1.75 bits per heavy atom. The van der Waals surface area contributed by atoms with Crippen LogP contribution >= 0.6 is 0 Å². The molecule has 0 atom stereocenters. The standard InChI is InChI=1S/C12H13F3O/c1-6-10(4,5)11(7-2,8-3)9(16)12(13,14)15/h2-3H,6H2,1,4-5H3. The zero-order valence-electron chi connectivity index (χ0n) is 9.40. The Hall–Kier alpha value is -1.42. The number of halogens is 3. The minimum Gasteiger partial charge on any atom is -0.287 e. The molecule has 0 N–H and O–H groups in total. The van der Waals surface area contributed by atoms with E-state index in [-0.39, 0.29) is 6.42 Å². The van der Waals surface area contributed by atoms with Crippen LogP contribution in [0.1, 0.15) is 27.2 Å². The molecule has 0 aliphatic carbocycles. The molecule has 0 saturated heterocycles. The summed E-state index contributed by atoms with van der Waals surface area (Å²) in [5, 5.41) is 0. The van der Waals surface area contributed by atoms with Gasteiger partial charge >= 0.3 is 6.18 Å². The average molecular weight is 230 g/mol. The number of rotatable bonds is 3. The molecule has 0 aliphatic heterocycles. The summed E-state index contributed by atoms with van der Waals surface area (Å²) in [6.07, 6.45) is 5.37. The molecule has 0 aromatic heterocycles. The Bertz CT molecular complexity index is 349. The second-order valence-electron chi connectivity index (χ2n) is 4.10. The molecule has 0 fully saturated rings. The third-order valence-electron chi connectivity index (χ3n) is 2.93. The molecular formula is C12H13F3O. The summed E-state index contributed by atoms with van der Waals surface area (Å²) >= 11 is 0. The van der Waals surface area contributed by atoms with Crippen molar-refractivity contribution in [1.29, 1.82) is 0 Å². The monoisotopic (exact) mass is 230 g/mol. The molecule has 0 spiro atoms. The maximum absolute atomic E-state index is 12.4. The van der Waals surface area contributed by atoms with E-state index >= 15 is 0 Å². The molecular weight excluding hydrogens is 217 g/mol. The molecule has 0 radical (unpaired) electrons. The summed E-state index contributed by atoms with van der Waals surface area (Å²) in [5.41, 5.74) is -3.34. The molecule has 0 unspecified atom stereocenters. The van der Waals surface area contributed by atoms with Crippen molar-refractivity contribution in [1.82, 2.24) is 0 Å². The van der Waals surface area contributed by atoms with Crippen LogP contribution in [0.2, 0.25) is 0 Å². The normalized spacial score (nSPS) is 12.8. The zero-order chi connectivity index (χ0) is 13.2. The number of alkyl halides is 3. The summed E-state index contributed by atoms with van der Waals surface area (Å²) in [6.45, 7) is 4.54. The van der Waals surface area contributed by atoms with Gasteiger partial charge in [0.2, 0.25) is 0 Å². The van der Waals surface area contributed by atoms with Crippen LogP contribution in [-0.2, 0) is 4.79 Å². The molecule has 88 valence electrons. The van der Waals surface area contributed by atoms with Gasteiger partial charge in [-0.1, -0.05) is 32.6 Å². The van der Waals surface area contributed by atoms with Crippen LogP contribution in [0.5, 0.6) is 0 Å². The van der Waals surface area contributed by atoms with Crippen LogP contribution in [0.3, 0.4) is 0 Å². The number of carbonyl (C=O) groups is 1. The molecule has 0 bridgehead atoms. The van der Waals surface area contributed by atoms with Crippen molar-refractivity contribution in [3.63, 3.8) is 0 Å². The van der Waals surface area contributed by atoms with Crippen molar-refractivity contribution >= 4 is 5.78 Å². The van der Waals surface area contributed by atoms with E-state index in [0.29, 0.717) is 0 Å². The van der Waals surface area contributed by atoms with Gasteiger partial charge in [-0.05, 0) is 11.8 Å². The first-order chi connectivity index (χ1) is 7.09. The highest BCUT2D eigenvalue weighted by atomic mass is 19.4. The first-order valence-electron chi connectivity index (χ1n) is 4.66. The highest BCUT2D eigenvalue weighted by Crippen LogP contribution is 2.45. The van der Waals surface area contributed by atoms with Gasteiger partial charge in [0, 0.05) is 0 Å². The second-order valence-corrected chi connectivity index (χ2v) is 4.10. The average Bonchev–Trinajstić information content (AvgIpc) is 2.18. The summed E-state index contributed by atoms with van der Waals surface area (Å²) in [4.78, 5) is 11.3. The molecule has 0 aromatic rings. The van der Waals surface area contributed by atoms with E-state index in [9.17, 15) is 18.0 Å². The van der Waals surface area contributed by atoms with Crippen LogP contribution < -0.4 is 0 Å². The summed E-state index contributed by atoms with van der Waals surface area (Å²) in [7, 11) is 0. The van der Waals surface area contributed by atoms with Gasteiger partial charge in [0.05, 0.1) is 0 Å². The van der Waals surface area contributed by atoms with E-state index in [2.05, 4.69) is 0 Å². The third kappa shape index (κ3) is 2.07. The molecule has 4 heteroatoms. The van der Waals surface area contributed by atoms with E-state index in [1.165, 1.54) is 13.8 Å². The van der Waals surface area contributed by atoms with Crippen molar-refractivity contribution in [3.05, 3.63) is 0 Å². The van der Waals surface area contributed by atoms with E-state index in [1.807, 2.05) is 11.8 Å². The predicted octanol–water partition coefficient (Wildman–Crippen LogP) is 2.81. The maximum atomic E-state index is 12.4. The molecule has 0 aromatic carbocycles. The highest BCUT2D eigenvalue weighted by molar-refractivity contribution is 5.96. The van der Waals surface area contributed by atoms with Crippen molar-refractivity contribution in [3.8, 4) is 24.7 Å².